The molecule has 1 aliphatic heterocycles. The first kappa shape index (κ1) is 15.5. The van der Waals surface area contributed by atoms with Gasteiger partial charge in [0.1, 0.15) is 0 Å². The Labute approximate surface area is 126 Å². The predicted octanol–water partition coefficient (Wildman–Crippen LogP) is 2.84. The Kier molecular flexibility index (Phi) is 5.37. The van der Waals surface area contributed by atoms with Gasteiger partial charge in [0.05, 0.1) is 0 Å². The van der Waals surface area contributed by atoms with Crippen molar-refractivity contribution in [2.75, 3.05) is 13.1 Å². The van der Waals surface area contributed by atoms with Crippen LogP contribution in [0.2, 0.25) is 0 Å². The topological polar surface area (TPSA) is 49.4 Å². The molecular weight excluding hydrogens is 264 g/mol. The molecule has 0 aliphatic carbocycles. The molecule has 1 saturated heterocycles. The van der Waals surface area contributed by atoms with E-state index in [1.165, 1.54) is 6.42 Å². The van der Waals surface area contributed by atoms with Gasteiger partial charge in [-0.25, -0.2) is 0 Å². The number of likely N-dealkylation sites (tertiary alicyclic amines) is 1. The highest BCUT2D eigenvalue weighted by atomic mass is 16.2. The lowest BCUT2D eigenvalue weighted by molar-refractivity contribution is 0.0723. The van der Waals surface area contributed by atoms with Gasteiger partial charge in [-0.2, -0.15) is 0 Å². The summed E-state index contributed by atoms with van der Waals surface area (Å²) < 4.78 is 0. The number of hydrogen-bond donors (Lipinski definition) is 1. The van der Waals surface area contributed by atoms with Crippen molar-refractivity contribution in [3.63, 3.8) is 0 Å². The Balaban J connectivity index is 2.01. The molecule has 1 aromatic carbocycles. The second-order valence-corrected chi connectivity index (χ2v) is 5.71. The Hall–Kier alpha value is -1.84. The van der Waals surface area contributed by atoms with Gasteiger partial charge in [-0.15, -0.1) is 0 Å². The molecule has 0 spiro atoms. The summed E-state index contributed by atoms with van der Waals surface area (Å²) in [6.07, 6.45) is 4.28. The molecule has 1 heterocycles. The largest absolute Gasteiger partial charge is 0.350 e. The summed E-state index contributed by atoms with van der Waals surface area (Å²) in [5.41, 5.74) is 1.27. The number of nitrogens with zero attached hydrogens (tertiary/aromatic N) is 1. The summed E-state index contributed by atoms with van der Waals surface area (Å²) in [6, 6.07) is 7.13. The third-order valence-electron chi connectivity index (χ3n) is 4.03. The number of amides is 2. The van der Waals surface area contributed by atoms with Gasteiger partial charge in [0.15, 0.2) is 0 Å². The first-order valence-corrected chi connectivity index (χ1v) is 7.82. The molecule has 1 atom stereocenters. The van der Waals surface area contributed by atoms with Crippen molar-refractivity contribution in [2.24, 2.45) is 0 Å². The van der Waals surface area contributed by atoms with E-state index in [0.717, 1.165) is 32.4 Å². The minimum Gasteiger partial charge on any atom is -0.350 e. The second-order valence-electron chi connectivity index (χ2n) is 5.71. The highest BCUT2D eigenvalue weighted by molar-refractivity contribution is 5.97. The normalized spacial score (nSPS) is 16.4. The summed E-state index contributed by atoms with van der Waals surface area (Å²) in [4.78, 5) is 26.2. The van der Waals surface area contributed by atoms with Crippen molar-refractivity contribution in [3.8, 4) is 0 Å². The van der Waals surface area contributed by atoms with Crippen LogP contribution in [0.3, 0.4) is 0 Å². The molecule has 1 aliphatic rings. The van der Waals surface area contributed by atoms with Crippen molar-refractivity contribution in [2.45, 2.75) is 45.6 Å². The van der Waals surface area contributed by atoms with Crippen molar-refractivity contribution in [1.29, 1.82) is 0 Å². The van der Waals surface area contributed by atoms with Crippen LogP contribution in [0.1, 0.15) is 60.2 Å². The Morgan fingerprint density at radius 3 is 2.24 bits per heavy atom. The standard InChI is InChI=1S/C17H24N2O2/c1-3-13(2)18-16(20)14-7-9-15(10-8-14)17(21)19-11-5-4-6-12-19/h7-10,13H,3-6,11-12H2,1-2H3,(H,18,20). The average Bonchev–Trinajstić information content (AvgIpc) is 2.55. The maximum atomic E-state index is 12.3. The zero-order valence-corrected chi connectivity index (χ0v) is 12.9. The van der Waals surface area contributed by atoms with E-state index in [1.54, 1.807) is 24.3 Å². The molecule has 2 amide bonds. The lowest BCUT2D eigenvalue weighted by Gasteiger charge is -2.26. The number of piperidine rings is 1. The van der Waals surface area contributed by atoms with Gasteiger partial charge in [-0.3, -0.25) is 9.59 Å². The first-order valence-electron chi connectivity index (χ1n) is 7.82. The third-order valence-corrected chi connectivity index (χ3v) is 4.03. The molecule has 0 aromatic heterocycles. The highest BCUT2D eigenvalue weighted by Crippen LogP contribution is 2.14. The van der Waals surface area contributed by atoms with Crippen LogP contribution in [0.4, 0.5) is 0 Å². The van der Waals surface area contributed by atoms with Crippen molar-refractivity contribution in [3.05, 3.63) is 35.4 Å². The second kappa shape index (κ2) is 7.25. The third kappa shape index (κ3) is 4.06. The number of benzene rings is 1. The van der Waals surface area contributed by atoms with Crippen LogP contribution in [0.25, 0.3) is 0 Å². The Bertz CT molecular complexity index is 490. The Morgan fingerprint density at radius 1 is 1.10 bits per heavy atom. The molecule has 21 heavy (non-hydrogen) atoms. The number of rotatable bonds is 4. The van der Waals surface area contributed by atoms with Gasteiger partial charge in [-0.1, -0.05) is 6.92 Å². The molecule has 1 fully saturated rings. The molecule has 4 nitrogen and oxygen atoms in total. The van der Waals surface area contributed by atoms with Gasteiger partial charge in [0.2, 0.25) is 0 Å². The van der Waals surface area contributed by atoms with Crippen molar-refractivity contribution < 1.29 is 9.59 Å². The van der Waals surface area contributed by atoms with Crippen LogP contribution < -0.4 is 5.32 Å². The SMILES string of the molecule is CCC(C)NC(=O)c1ccc(C(=O)N2CCCCC2)cc1. The molecule has 4 heteroatoms. The maximum absolute atomic E-state index is 12.3. The molecule has 1 unspecified atom stereocenters. The maximum Gasteiger partial charge on any atom is 0.253 e. The van der Waals surface area contributed by atoms with E-state index in [-0.39, 0.29) is 17.9 Å². The van der Waals surface area contributed by atoms with Crippen molar-refractivity contribution >= 4 is 11.8 Å². The zero-order chi connectivity index (χ0) is 15.2. The number of carbonyl (C=O) groups is 2. The zero-order valence-electron chi connectivity index (χ0n) is 12.9. The van der Waals surface area contributed by atoms with Gasteiger partial charge in [0, 0.05) is 30.3 Å². The lowest BCUT2D eigenvalue weighted by atomic mass is 10.1. The van der Waals surface area contributed by atoms with Crippen LogP contribution in [-0.2, 0) is 0 Å². The molecule has 1 aromatic rings. The highest BCUT2D eigenvalue weighted by Gasteiger charge is 2.18. The van der Waals surface area contributed by atoms with Crippen LogP contribution in [0.5, 0.6) is 0 Å². The molecule has 0 saturated carbocycles. The van der Waals surface area contributed by atoms with E-state index in [2.05, 4.69) is 5.32 Å². The van der Waals surface area contributed by atoms with E-state index in [0.29, 0.717) is 11.1 Å². The Morgan fingerprint density at radius 2 is 1.67 bits per heavy atom. The van der Waals surface area contributed by atoms with E-state index < -0.39 is 0 Å². The lowest BCUT2D eigenvalue weighted by Crippen LogP contribution is -2.35. The summed E-state index contributed by atoms with van der Waals surface area (Å²) >= 11 is 0. The van der Waals surface area contributed by atoms with E-state index in [4.69, 9.17) is 0 Å². The number of hydrogen-bond acceptors (Lipinski definition) is 2. The fraction of sp³-hybridized carbons (Fsp3) is 0.529. The predicted molar refractivity (Wildman–Crippen MR) is 83.4 cm³/mol. The summed E-state index contributed by atoms with van der Waals surface area (Å²) in [7, 11) is 0. The van der Waals surface area contributed by atoms with E-state index >= 15 is 0 Å². The quantitative estimate of drug-likeness (QED) is 0.926. The van der Waals surface area contributed by atoms with Crippen LogP contribution in [-0.4, -0.2) is 35.8 Å². The van der Waals surface area contributed by atoms with Gasteiger partial charge < -0.3 is 10.2 Å². The molecule has 1 N–H and O–H groups in total. The molecule has 0 bridgehead atoms. The van der Waals surface area contributed by atoms with Gasteiger partial charge in [0.25, 0.3) is 11.8 Å². The van der Waals surface area contributed by atoms with Crippen LogP contribution in [0.15, 0.2) is 24.3 Å². The molecule has 0 radical (unpaired) electrons. The van der Waals surface area contributed by atoms with Gasteiger partial charge >= 0.3 is 0 Å². The smallest absolute Gasteiger partial charge is 0.253 e. The summed E-state index contributed by atoms with van der Waals surface area (Å²) in [5, 5.41) is 2.92. The fourth-order valence-corrected chi connectivity index (χ4v) is 2.45. The number of nitrogens with one attached hydrogen (secondary N) is 1. The van der Waals surface area contributed by atoms with E-state index in [1.807, 2.05) is 18.7 Å². The molecule has 2 rings (SSSR count). The van der Waals surface area contributed by atoms with Crippen LogP contribution in [0, 0.1) is 0 Å². The van der Waals surface area contributed by atoms with Gasteiger partial charge in [-0.05, 0) is 56.9 Å². The van der Waals surface area contributed by atoms with E-state index in [9.17, 15) is 9.59 Å². The fourth-order valence-electron chi connectivity index (χ4n) is 2.45. The summed E-state index contributed by atoms with van der Waals surface area (Å²) in [6.45, 7) is 5.70. The summed E-state index contributed by atoms with van der Waals surface area (Å²) in [5.74, 6) is -0.00935. The van der Waals surface area contributed by atoms with Crippen LogP contribution >= 0.6 is 0 Å². The monoisotopic (exact) mass is 288 g/mol. The first-order chi connectivity index (χ1) is 10.1. The molecular formula is C17H24N2O2. The average molecular weight is 288 g/mol. The minimum absolute atomic E-state index is 0.0728. The van der Waals surface area contributed by atoms with Crippen molar-refractivity contribution in [1.82, 2.24) is 10.2 Å². The minimum atomic E-state index is -0.0821. The number of carbonyl (C=O) groups excluding carboxylic acids is 2. The molecule has 114 valence electrons.